The number of aromatic nitrogens is 2. The molecule has 2 heterocycles. The maximum atomic E-state index is 5.30. The van der Waals surface area contributed by atoms with E-state index in [0.29, 0.717) is 5.88 Å². The standard InChI is InChI=1S/C10H14N2O2/c1-10(2,3)9-11-4-5-12(9)8-6-13-7-14-8/h4-6H,7H2,1-3H3. The zero-order valence-electron chi connectivity index (χ0n) is 8.65. The van der Waals surface area contributed by atoms with Crippen molar-refractivity contribution < 1.29 is 9.47 Å². The predicted octanol–water partition coefficient (Wildman–Crippen LogP) is 1.94. The van der Waals surface area contributed by atoms with Crippen LogP contribution >= 0.6 is 0 Å². The van der Waals surface area contributed by atoms with Gasteiger partial charge in [-0.2, -0.15) is 0 Å². The Balaban J connectivity index is 2.39. The van der Waals surface area contributed by atoms with Crippen LogP contribution in [0.15, 0.2) is 18.7 Å². The summed E-state index contributed by atoms with van der Waals surface area (Å²) in [6.07, 6.45) is 5.25. The second kappa shape index (κ2) is 3.04. The van der Waals surface area contributed by atoms with Gasteiger partial charge >= 0.3 is 0 Å². The fourth-order valence-corrected chi connectivity index (χ4v) is 1.40. The summed E-state index contributed by atoms with van der Waals surface area (Å²) in [5.41, 5.74) is -0.00368. The minimum absolute atomic E-state index is 0.00368. The minimum Gasteiger partial charge on any atom is -0.459 e. The average molecular weight is 194 g/mol. The van der Waals surface area contributed by atoms with E-state index in [2.05, 4.69) is 25.8 Å². The molecule has 0 unspecified atom stereocenters. The third-order valence-electron chi connectivity index (χ3n) is 2.01. The normalized spacial score (nSPS) is 16.1. The maximum Gasteiger partial charge on any atom is 0.238 e. The summed E-state index contributed by atoms with van der Waals surface area (Å²) in [5.74, 6) is 1.67. The molecule has 1 aromatic rings. The first-order valence-corrected chi connectivity index (χ1v) is 4.58. The summed E-state index contributed by atoms with van der Waals surface area (Å²) in [7, 11) is 0. The van der Waals surface area contributed by atoms with Crippen molar-refractivity contribution in [1.82, 2.24) is 9.55 Å². The van der Waals surface area contributed by atoms with Gasteiger partial charge in [0, 0.05) is 17.8 Å². The highest BCUT2D eigenvalue weighted by Crippen LogP contribution is 2.24. The summed E-state index contributed by atoms with van der Waals surface area (Å²) in [5, 5.41) is 0. The lowest BCUT2D eigenvalue weighted by atomic mass is 9.96. The van der Waals surface area contributed by atoms with Gasteiger partial charge in [-0.25, -0.2) is 4.98 Å². The second-order valence-corrected chi connectivity index (χ2v) is 4.26. The van der Waals surface area contributed by atoms with Crippen LogP contribution in [0.4, 0.5) is 0 Å². The Bertz CT molecular complexity index is 360. The molecule has 1 aromatic heterocycles. The van der Waals surface area contributed by atoms with Crippen LogP contribution in [0.25, 0.3) is 5.88 Å². The molecule has 0 saturated heterocycles. The van der Waals surface area contributed by atoms with Gasteiger partial charge in [-0.3, -0.25) is 4.57 Å². The van der Waals surface area contributed by atoms with E-state index in [1.165, 1.54) is 0 Å². The maximum absolute atomic E-state index is 5.30. The molecule has 1 aliphatic heterocycles. The first-order valence-electron chi connectivity index (χ1n) is 4.58. The average Bonchev–Trinajstić information content (AvgIpc) is 2.73. The van der Waals surface area contributed by atoms with Crippen molar-refractivity contribution in [2.45, 2.75) is 26.2 Å². The predicted molar refractivity (Wildman–Crippen MR) is 52.2 cm³/mol. The Morgan fingerprint density at radius 3 is 2.79 bits per heavy atom. The van der Waals surface area contributed by atoms with E-state index in [9.17, 15) is 0 Å². The van der Waals surface area contributed by atoms with Gasteiger partial charge in [0.25, 0.3) is 0 Å². The number of hydrogen-bond acceptors (Lipinski definition) is 3. The van der Waals surface area contributed by atoms with E-state index in [1.54, 1.807) is 12.5 Å². The number of ether oxygens (including phenoxy) is 2. The lowest BCUT2D eigenvalue weighted by molar-refractivity contribution is 0.0956. The van der Waals surface area contributed by atoms with Gasteiger partial charge in [0.1, 0.15) is 12.1 Å². The molecular weight excluding hydrogens is 180 g/mol. The number of imidazole rings is 1. The van der Waals surface area contributed by atoms with Crippen LogP contribution in [0.3, 0.4) is 0 Å². The monoisotopic (exact) mass is 194 g/mol. The zero-order chi connectivity index (χ0) is 10.2. The van der Waals surface area contributed by atoms with Crippen molar-refractivity contribution >= 4 is 5.88 Å². The van der Waals surface area contributed by atoms with Crippen LogP contribution in [-0.4, -0.2) is 16.3 Å². The van der Waals surface area contributed by atoms with E-state index < -0.39 is 0 Å². The van der Waals surface area contributed by atoms with E-state index in [1.807, 2.05) is 10.8 Å². The Labute approximate surface area is 83.2 Å². The molecule has 76 valence electrons. The molecule has 0 fully saturated rings. The quantitative estimate of drug-likeness (QED) is 0.685. The molecule has 0 amide bonds. The number of hydrogen-bond donors (Lipinski definition) is 0. The molecule has 0 bridgehead atoms. The largest absolute Gasteiger partial charge is 0.459 e. The SMILES string of the molecule is CC(C)(C)c1nccn1C1=COCO1. The molecule has 0 spiro atoms. The smallest absolute Gasteiger partial charge is 0.238 e. The fraction of sp³-hybridized carbons (Fsp3) is 0.500. The molecule has 0 N–H and O–H groups in total. The minimum atomic E-state index is -0.00368. The fourth-order valence-electron chi connectivity index (χ4n) is 1.40. The van der Waals surface area contributed by atoms with Gasteiger partial charge in [-0.15, -0.1) is 0 Å². The van der Waals surface area contributed by atoms with Crippen molar-refractivity contribution in [3.05, 3.63) is 24.5 Å². The highest BCUT2D eigenvalue weighted by atomic mass is 16.7. The molecule has 0 aromatic carbocycles. The third kappa shape index (κ3) is 1.47. The van der Waals surface area contributed by atoms with Gasteiger partial charge in [-0.05, 0) is 0 Å². The topological polar surface area (TPSA) is 36.3 Å². The van der Waals surface area contributed by atoms with Crippen LogP contribution in [0.1, 0.15) is 26.6 Å². The van der Waals surface area contributed by atoms with Crippen molar-refractivity contribution in [2.75, 3.05) is 6.79 Å². The lowest BCUT2D eigenvalue weighted by Crippen LogP contribution is -2.18. The van der Waals surface area contributed by atoms with Crippen LogP contribution in [0.2, 0.25) is 0 Å². The van der Waals surface area contributed by atoms with Crippen molar-refractivity contribution in [1.29, 1.82) is 0 Å². The molecule has 14 heavy (non-hydrogen) atoms. The van der Waals surface area contributed by atoms with Gasteiger partial charge in [-0.1, -0.05) is 20.8 Å². The van der Waals surface area contributed by atoms with Crippen LogP contribution in [0, 0.1) is 0 Å². The summed E-state index contributed by atoms with van der Waals surface area (Å²) in [4.78, 5) is 4.32. The zero-order valence-corrected chi connectivity index (χ0v) is 8.65. The summed E-state index contributed by atoms with van der Waals surface area (Å²) >= 11 is 0. The Morgan fingerprint density at radius 1 is 1.43 bits per heavy atom. The van der Waals surface area contributed by atoms with Gasteiger partial charge in [0.05, 0.1) is 0 Å². The van der Waals surface area contributed by atoms with Gasteiger partial charge < -0.3 is 9.47 Å². The molecule has 0 aliphatic carbocycles. The first kappa shape index (κ1) is 9.12. The van der Waals surface area contributed by atoms with Crippen LogP contribution < -0.4 is 0 Å². The Morgan fingerprint density at radius 2 is 2.21 bits per heavy atom. The molecule has 0 saturated carbocycles. The van der Waals surface area contributed by atoms with Crippen molar-refractivity contribution in [2.24, 2.45) is 0 Å². The number of rotatable bonds is 1. The number of nitrogens with zero attached hydrogens (tertiary/aromatic N) is 2. The first-order chi connectivity index (χ1) is 6.59. The van der Waals surface area contributed by atoms with Crippen LogP contribution in [0.5, 0.6) is 0 Å². The van der Waals surface area contributed by atoms with E-state index >= 15 is 0 Å². The van der Waals surface area contributed by atoms with Crippen molar-refractivity contribution in [3.8, 4) is 0 Å². The Hall–Kier alpha value is -1.45. The van der Waals surface area contributed by atoms with E-state index in [-0.39, 0.29) is 12.2 Å². The van der Waals surface area contributed by atoms with Gasteiger partial charge in [0.2, 0.25) is 12.7 Å². The Kier molecular flexibility index (Phi) is 1.98. The molecule has 0 atom stereocenters. The summed E-state index contributed by atoms with van der Waals surface area (Å²) in [6.45, 7) is 6.63. The molecular formula is C10H14N2O2. The molecule has 0 radical (unpaired) electrons. The van der Waals surface area contributed by atoms with Gasteiger partial charge in [0.15, 0.2) is 0 Å². The third-order valence-corrected chi connectivity index (χ3v) is 2.01. The summed E-state index contributed by atoms with van der Waals surface area (Å²) in [6, 6.07) is 0. The van der Waals surface area contributed by atoms with Crippen LogP contribution in [-0.2, 0) is 14.9 Å². The van der Waals surface area contributed by atoms with E-state index in [4.69, 9.17) is 9.47 Å². The highest BCUT2D eigenvalue weighted by Gasteiger charge is 2.23. The second-order valence-electron chi connectivity index (χ2n) is 4.26. The molecule has 1 aliphatic rings. The lowest BCUT2D eigenvalue weighted by Gasteiger charge is -2.19. The molecule has 4 nitrogen and oxygen atoms in total. The molecule has 2 rings (SSSR count). The van der Waals surface area contributed by atoms with Crippen molar-refractivity contribution in [3.63, 3.8) is 0 Å². The highest BCUT2D eigenvalue weighted by molar-refractivity contribution is 5.38. The summed E-state index contributed by atoms with van der Waals surface area (Å²) < 4.78 is 12.2. The molecule has 4 heteroatoms. The van der Waals surface area contributed by atoms with E-state index in [0.717, 1.165) is 5.82 Å².